The molecule has 0 atom stereocenters. The quantitative estimate of drug-likeness (QED) is 0.544. The lowest BCUT2D eigenvalue weighted by molar-refractivity contribution is 0.416. The molecule has 4 aromatic rings. The maximum Gasteiger partial charge on any atom is 0.143 e. The molecule has 0 saturated heterocycles. The van der Waals surface area contributed by atoms with E-state index in [4.69, 9.17) is 4.74 Å². The molecule has 0 amide bonds. The van der Waals surface area contributed by atoms with Crippen molar-refractivity contribution in [2.45, 2.75) is 0 Å². The molecule has 3 aromatic heterocycles. The van der Waals surface area contributed by atoms with Crippen LogP contribution in [0.15, 0.2) is 54.3 Å². The van der Waals surface area contributed by atoms with Crippen LogP contribution in [0.25, 0.3) is 21.5 Å². The Hall–Kier alpha value is -2.86. The fourth-order valence-corrected chi connectivity index (χ4v) is 3.60. The number of rotatable bonds is 4. The highest BCUT2D eigenvalue weighted by atomic mass is 32.1. The van der Waals surface area contributed by atoms with Crippen LogP contribution in [0.1, 0.15) is 0 Å². The molecule has 0 spiro atoms. The van der Waals surface area contributed by atoms with Gasteiger partial charge in [0, 0.05) is 25.0 Å². The van der Waals surface area contributed by atoms with Gasteiger partial charge in [-0.2, -0.15) is 0 Å². The average molecular weight is 350 g/mol. The van der Waals surface area contributed by atoms with Crippen molar-refractivity contribution < 1.29 is 4.74 Å². The number of nitrogens with zero attached hydrogens (tertiary/aromatic N) is 4. The Morgan fingerprint density at radius 3 is 2.80 bits per heavy atom. The van der Waals surface area contributed by atoms with Gasteiger partial charge in [0.15, 0.2) is 0 Å². The van der Waals surface area contributed by atoms with Crippen molar-refractivity contribution in [3.63, 3.8) is 0 Å². The number of methoxy groups -OCH3 is 1. The first-order valence-electron chi connectivity index (χ1n) is 7.90. The topological polar surface area (TPSA) is 43.2 Å². The number of hydrogen-bond donors (Lipinski definition) is 0. The number of anilines is 2. The van der Waals surface area contributed by atoms with E-state index in [9.17, 15) is 0 Å². The summed E-state index contributed by atoms with van der Waals surface area (Å²) in [5.41, 5.74) is 4.06. The van der Waals surface area contributed by atoms with Crippen LogP contribution in [-0.4, -0.2) is 28.7 Å². The van der Waals surface area contributed by atoms with Crippen molar-refractivity contribution in [2.75, 3.05) is 19.1 Å². The van der Waals surface area contributed by atoms with Gasteiger partial charge in [0.05, 0.1) is 30.8 Å². The maximum atomic E-state index is 5.64. The lowest BCUT2D eigenvalue weighted by Crippen LogP contribution is -2.12. The highest BCUT2D eigenvalue weighted by molar-refractivity contribution is 7.13. The molecule has 0 N–H and O–H groups in total. The molecule has 6 heteroatoms. The number of pyridine rings is 1. The van der Waals surface area contributed by atoms with Gasteiger partial charge in [-0.25, -0.2) is 9.97 Å². The van der Waals surface area contributed by atoms with Gasteiger partial charge in [0.25, 0.3) is 0 Å². The van der Waals surface area contributed by atoms with Gasteiger partial charge in [0.1, 0.15) is 17.1 Å². The molecule has 0 fully saturated rings. The lowest BCUT2D eigenvalue weighted by atomic mass is 10.1. The molecule has 0 aliphatic carbocycles. The van der Waals surface area contributed by atoms with Gasteiger partial charge in [-0.1, -0.05) is 12.1 Å². The van der Waals surface area contributed by atoms with Crippen LogP contribution in [0.5, 0.6) is 5.75 Å². The summed E-state index contributed by atoms with van der Waals surface area (Å²) in [5, 5.41) is 2.08. The average Bonchev–Trinajstić information content (AvgIpc) is 3.31. The highest BCUT2D eigenvalue weighted by Gasteiger charge is 2.14. The minimum absolute atomic E-state index is 0.820. The third-order valence-electron chi connectivity index (χ3n) is 4.29. The minimum atomic E-state index is 0.820. The Morgan fingerprint density at radius 2 is 2.04 bits per heavy atom. The van der Waals surface area contributed by atoms with Gasteiger partial charge in [0.2, 0.25) is 0 Å². The molecule has 0 unspecified atom stereocenters. The Bertz CT molecular complexity index is 1020. The van der Waals surface area contributed by atoms with Crippen molar-refractivity contribution >= 4 is 33.9 Å². The maximum absolute atomic E-state index is 5.64. The molecule has 25 heavy (non-hydrogen) atoms. The molecule has 0 radical (unpaired) electrons. The second-order valence-electron chi connectivity index (χ2n) is 5.81. The van der Waals surface area contributed by atoms with E-state index in [2.05, 4.69) is 45.7 Å². The highest BCUT2D eigenvalue weighted by Crippen LogP contribution is 2.37. The van der Waals surface area contributed by atoms with Crippen molar-refractivity contribution in [1.29, 1.82) is 0 Å². The van der Waals surface area contributed by atoms with Gasteiger partial charge >= 0.3 is 0 Å². The number of benzene rings is 1. The summed E-state index contributed by atoms with van der Waals surface area (Å²) in [5.74, 6) is 1.67. The molecule has 3 heterocycles. The zero-order chi connectivity index (χ0) is 17.4. The van der Waals surface area contributed by atoms with E-state index in [1.807, 2.05) is 29.6 Å². The molecular formula is C19H18N4OS. The number of aromatic nitrogens is 3. The zero-order valence-corrected chi connectivity index (χ0v) is 15.1. The first-order chi connectivity index (χ1) is 12.2. The molecule has 0 aliphatic heterocycles. The van der Waals surface area contributed by atoms with Crippen LogP contribution >= 0.6 is 11.3 Å². The van der Waals surface area contributed by atoms with Gasteiger partial charge in [-0.3, -0.25) is 0 Å². The summed E-state index contributed by atoms with van der Waals surface area (Å²) in [6.45, 7) is 0. The zero-order valence-electron chi connectivity index (χ0n) is 14.3. The largest absolute Gasteiger partial charge is 0.495 e. The number of ether oxygens (including phenoxy) is 1. The summed E-state index contributed by atoms with van der Waals surface area (Å²) in [7, 11) is 5.67. The number of aryl methyl sites for hydroxylation is 1. The fourth-order valence-electron chi connectivity index (χ4n) is 2.88. The summed E-state index contributed by atoms with van der Waals surface area (Å²) in [6.07, 6.45) is 3.60. The number of imidazole rings is 1. The number of fused-ring (bicyclic) bond motifs is 1. The second kappa shape index (κ2) is 6.22. The van der Waals surface area contributed by atoms with E-state index < -0.39 is 0 Å². The summed E-state index contributed by atoms with van der Waals surface area (Å²) in [4.78, 5) is 12.1. The van der Waals surface area contributed by atoms with Crippen molar-refractivity contribution in [3.05, 3.63) is 54.3 Å². The number of thiophene rings is 1. The molecular weight excluding hydrogens is 332 g/mol. The third kappa shape index (κ3) is 2.74. The summed E-state index contributed by atoms with van der Waals surface area (Å²) in [6, 6.07) is 12.5. The standard InChI is InChI=1S/C19H18N4OS/c1-22-12-21-14-11-20-19(10-16(14)22)23(2)15-7-6-13(9-17(15)24-3)18-5-4-8-25-18/h4-12H,1-3H3. The second-order valence-corrected chi connectivity index (χ2v) is 6.76. The first kappa shape index (κ1) is 15.7. The molecule has 0 aliphatic rings. The van der Waals surface area contributed by atoms with Gasteiger partial charge in [-0.15, -0.1) is 11.3 Å². The Morgan fingerprint density at radius 1 is 1.16 bits per heavy atom. The van der Waals surface area contributed by atoms with E-state index in [0.29, 0.717) is 0 Å². The van der Waals surface area contributed by atoms with Crippen LogP contribution < -0.4 is 9.64 Å². The van der Waals surface area contributed by atoms with Gasteiger partial charge < -0.3 is 14.2 Å². The molecule has 5 nitrogen and oxygen atoms in total. The van der Waals surface area contributed by atoms with Crippen LogP contribution in [0.3, 0.4) is 0 Å². The van der Waals surface area contributed by atoms with Gasteiger partial charge in [-0.05, 0) is 29.1 Å². The molecule has 0 saturated carbocycles. The minimum Gasteiger partial charge on any atom is -0.495 e. The molecule has 126 valence electrons. The molecule has 4 rings (SSSR count). The van der Waals surface area contributed by atoms with Crippen LogP contribution in [-0.2, 0) is 7.05 Å². The number of hydrogen-bond acceptors (Lipinski definition) is 5. The Kier molecular flexibility index (Phi) is 3.89. The normalized spacial score (nSPS) is 11.0. The fraction of sp³-hybridized carbons (Fsp3) is 0.158. The predicted molar refractivity (Wildman–Crippen MR) is 103 cm³/mol. The smallest absolute Gasteiger partial charge is 0.143 e. The molecule has 0 bridgehead atoms. The summed E-state index contributed by atoms with van der Waals surface area (Å²) < 4.78 is 7.63. The molecule has 1 aromatic carbocycles. The van der Waals surface area contributed by atoms with Crippen molar-refractivity contribution in [3.8, 4) is 16.2 Å². The lowest BCUT2D eigenvalue weighted by Gasteiger charge is -2.21. The summed E-state index contributed by atoms with van der Waals surface area (Å²) >= 11 is 1.72. The van der Waals surface area contributed by atoms with E-state index in [1.54, 1.807) is 31.0 Å². The SMILES string of the molecule is COc1cc(-c2cccs2)ccc1N(C)c1cc2c(cn1)ncn2C. The predicted octanol–water partition coefficient (Wildman–Crippen LogP) is 4.47. The van der Waals surface area contributed by atoms with Crippen LogP contribution in [0.2, 0.25) is 0 Å². The van der Waals surface area contributed by atoms with E-state index >= 15 is 0 Å². The van der Waals surface area contributed by atoms with Crippen molar-refractivity contribution in [1.82, 2.24) is 14.5 Å². The van der Waals surface area contributed by atoms with Crippen molar-refractivity contribution in [2.24, 2.45) is 7.05 Å². The van der Waals surface area contributed by atoms with E-state index in [-0.39, 0.29) is 0 Å². The Balaban J connectivity index is 1.75. The Labute approximate surface area is 150 Å². The van der Waals surface area contributed by atoms with Crippen LogP contribution in [0, 0.1) is 0 Å². The monoisotopic (exact) mass is 350 g/mol. The van der Waals surface area contributed by atoms with E-state index in [1.165, 1.54) is 4.88 Å². The van der Waals surface area contributed by atoms with E-state index in [0.717, 1.165) is 33.9 Å². The van der Waals surface area contributed by atoms with Crippen LogP contribution in [0.4, 0.5) is 11.5 Å². The first-order valence-corrected chi connectivity index (χ1v) is 8.78. The third-order valence-corrected chi connectivity index (χ3v) is 5.21.